The van der Waals surface area contributed by atoms with Crippen LogP contribution in [0.2, 0.25) is 0 Å². The molecule has 0 saturated carbocycles. The number of ether oxygens (including phenoxy) is 2. The highest BCUT2D eigenvalue weighted by Crippen LogP contribution is 2.36. The number of carbonyl (C=O) groups excluding carboxylic acids is 2. The van der Waals surface area contributed by atoms with Crippen molar-refractivity contribution >= 4 is 17.5 Å². The molecule has 2 amide bonds. The van der Waals surface area contributed by atoms with Crippen molar-refractivity contribution in [2.45, 2.75) is 19.0 Å². The minimum atomic E-state index is -0.424. The maximum atomic E-state index is 13.2. The Balaban J connectivity index is 1.44. The molecule has 7 nitrogen and oxygen atoms in total. The van der Waals surface area contributed by atoms with Gasteiger partial charge in [-0.25, -0.2) is 4.90 Å². The summed E-state index contributed by atoms with van der Waals surface area (Å²) in [6.07, 6.45) is 0.192. The van der Waals surface area contributed by atoms with E-state index in [0.29, 0.717) is 17.2 Å². The Morgan fingerprint density at radius 3 is 2.33 bits per heavy atom. The molecular weight excluding hydrogens is 382 g/mol. The highest BCUT2D eigenvalue weighted by molar-refractivity contribution is 6.23. The van der Waals surface area contributed by atoms with Crippen LogP contribution in [0.4, 0.5) is 5.69 Å². The topological polar surface area (TPSA) is 62.3 Å². The number of nitrogens with zero attached hydrogens (tertiary/aromatic N) is 3. The first-order valence-corrected chi connectivity index (χ1v) is 10.2. The van der Waals surface area contributed by atoms with Crippen LogP contribution in [0.1, 0.15) is 12.0 Å². The third-order valence-electron chi connectivity index (χ3n) is 5.85. The molecule has 2 aliphatic rings. The zero-order chi connectivity index (χ0) is 21.1. The second-order valence-corrected chi connectivity index (χ2v) is 7.62. The minimum absolute atomic E-state index is 0.192. The van der Waals surface area contributed by atoms with Crippen molar-refractivity contribution in [3.05, 3.63) is 54.1 Å². The van der Waals surface area contributed by atoms with Gasteiger partial charge in [-0.3, -0.25) is 19.4 Å². The summed E-state index contributed by atoms with van der Waals surface area (Å²) in [6.45, 7) is 4.17. The number of imide groups is 1. The molecule has 2 aliphatic heterocycles. The third-order valence-corrected chi connectivity index (χ3v) is 5.85. The van der Waals surface area contributed by atoms with Gasteiger partial charge in [-0.2, -0.15) is 0 Å². The van der Waals surface area contributed by atoms with Crippen molar-refractivity contribution < 1.29 is 19.1 Å². The lowest BCUT2D eigenvalue weighted by Crippen LogP contribution is -2.52. The van der Waals surface area contributed by atoms with Crippen LogP contribution < -0.4 is 14.4 Å². The van der Waals surface area contributed by atoms with Crippen molar-refractivity contribution in [1.29, 1.82) is 0 Å². The quantitative estimate of drug-likeness (QED) is 0.682. The van der Waals surface area contributed by atoms with E-state index in [1.807, 2.05) is 6.07 Å². The van der Waals surface area contributed by atoms with E-state index < -0.39 is 6.04 Å². The Hall–Kier alpha value is -2.90. The summed E-state index contributed by atoms with van der Waals surface area (Å²) in [4.78, 5) is 31.8. The molecule has 4 rings (SSSR count). The van der Waals surface area contributed by atoms with Gasteiger partial charge in [0.15, 0.2) is 0 Å². The number of piperazine rings is 1. The first-order chi connectivity index (χ1) is 14.6. The van der Waals surface area contributed by atoms with Gasteiger partial charge in [-0.1, -0.05) is 30.3 Å². The Bertz CT molecular complexity index is 910. The highest BCUT2D eigenvalue weighted by atomic mass is 16.5. The van der Waals surface area contributed by atoms with Crippen molar-refractivity contribution in [1.82, 2.24) is 9.80 Å². The summed E-state index contributed by atoms with van der Waals surface area (Å²) in [6, 6.07) is 15.1. The standard InChI is InChI=1S/C23H27N3O4/c1-29-18-8-9-21(30-2)19(14-18)26-22(27)15-20(23(26)28)25-12-10-24(11-13-25)16-17-6-4-3-5-7-17/h3-9,14,20H,10-13,15-16H2,1-2H3. The maximum Gasteiger partial charge on any atom is 0.251 e. The van der Waals surface area contributed by atoms with Gasteiger partial charge in [0.1, 0.15) is 11.5 Å². The van der Waals surface area contributed by atoms with Gasteiger partial charge < -0.3 is 9.47 Å². The van der Waals surface area contributed by atoms with E-state index in [1.54, 1.807) is 25.3 Å². The van der Waals surface area contributed by atoms with E-state index in [-0.39, 0.29) is 18.2 Å². The molecule has 2 aromatic carbocycles. The van der Waals surface area contributed by atoms with Crippen LogP contribution >= 0.6 is 0 Å². The van der Waals surface area contributed by atoms with E-state index in [0.717, 1.165) is 32.7 Å². The van der Waals surface area contributed by atoms with E-state index >= 15 is 0 Å². The fraction of sp³-hybridized carbons (Fsp3) is 0.391. The van der Waals surface area contributed by atoms with Gasteiger partial charge >= 0.3 is 0 Å². The zero-order valence-corrected chi connectivity index (χ0v) is 17.4. The average Bonchev–Trinajstić information content (AvgIpc) is 3.08. The van der Waals surface area contributed by atoms with Crippen LogP contribution in [-0.4, -0.2) is 68.1 Å². The first-order valence-electron chi connectivity index (χ1n) is 10.2. The van der Waals surface area contributed by atoms with Gasteiger partial charge in [0.25, 0.3) is 5.91 Å². The van der Waals surface area contributed by atoms with Gasteiger partial charge in [-0.05, 0) is 17.7 Å². The summed E-state index contributed by atoms with van der Waals surface area (Å²) < 4.78 is 10.7. The Morgan fingerprint density at radius 2 is 1.67 bits per heavy atom. The smallest absolute Gasteiger partial charge is 0.251 e. The third kappa shape index (κ3) is 4.04. The highest BCUT2D eigenvalue weighted by Gasteiger charge is 2.44. The number of hydrogen-bond donors (Lipinski definition) is 0. The second-order valence-electron chi connectivity index (χ2n) is 7.62. The SMILES string of the molecule is COc1ccc(OC)c(N2C(=O)CC(N3CCN(Cc4ccccc4)CC3)C2=O)c1. The average molecular weight is 409 g/mol. The van der Waals surface area contributed by atoms with Gasteiger partial charge in [0.2, 0.25) is 5.91 Å². The zero-order valence-electron chi connectivity index (χ0n) is 17.4. The molecule has 0 N–H and O–H groups in total. The van der Waals surface area contributed by atoms with Gasteiger partial charge in [0.05, 0.1) is 32.4 Å². The predicted octanol–water partition coefficient (Wildman–Crippen LogP) is 2.15. The van der Waals surface area contributed by atoms with E-state index in [9.17, 15) is 9.59 Å². The summed E-state index contributed by atoms with van der Waals surface area (Å²) in [5.41, 5.74) is 1.73. The fourth-order valence-corrected chi connectivity index (χ4v) is 4.20. The van der Waals surface area contributed by atoms with Crippen molar-refractivity contribution in [3.8, 4) is 11.5 Å². The molecule has 30 heavy (non-hydrogen) atoms. The number of anilines is 1. The molecule has 1 unspecified atom stereocenters. The van der Waals surface area contributed by atoms with Crippen LogP contribution in [-0.2, 0) is 16.1 Å². The number of amides is 2. The first kappa shape index (κ1) is 20.4. The Labute approximate surface area is 176 Å². The summed E-state index contributed by atoms with van der Waals surface area (Å²) in [5.74, 6) is 0.654. The summed E-state index contributed by atoms with van der Waals surface area (Å²) in [5, 5.41) is 0. The molecule has 0 aliphatic carbocycles. The largest absolute Gasteiger partial charge is 0.497 e. The molecule has 2 fully saturated rings. The van der Waals surface area contributed by atoms with Crippen LogP contribution in [0.25, 0.3) is 0 Å². The molecule has 2 aromatic rings. The number of methoxy groups -OCH3 is 2. The van der Waals surface area contributed by atoms with Crippen molar-refractivity contribution in [2.75, 3.05) is 45.3 Å². The number of rotatable bonds is 6. The molecular formula is C23H27N3O4. The summed E-state index contributed by atoms with van der Waals surface area (Å²) >= 11 is 0. The normalized spacial score (nSPS) is 20.6. The number of benzene rings is 2. The lowest BCUT2D eigenvalue weighted by molar-refractivity contribution is -0.123. The molecule has 2 saturated heterocycles. The second kappa shape index (κ2) is 8.85. The lowest BCUT2D eigenvalue weighted by Gasteiger charge is -2.37. The van der Waals surface area contributed by atoms with Crippen LogP contribution in [0.3, 0.4) is 0 Å². The number of carbonyl (C=O) groups is 2. The molecule has 2 heterocycles. The van der Waals surface area contributed by atoms with Crippen LogP contribution in [0.15, 0.2) is 48.5 Å². The van der Waals surface area contributed by atoms with Crippen molar-refractivity contribution in [2.24, 2.45) is 0 Å². The molecule has 0 bridgehead atoms. The Morgan fingerprint density at radius 1 is 0.933 bits per heavy atom. The predicted molar refractivity (Wildman–Crippen MR) is 114 cm³/mol. The van der Waals surface area contributed by atoms with Crippen LogP contribution in [0.5, 0.6) is 11.5 Å². The van der Waals surface area contributed by atoms with E-state index in [4.69, 9.17) is 9.47 Å². The maximum absolute atomic E-state index is 13.2. The molecule has 0 spiro atoms. The molecule has 0 radical (unpaired) electrons. The molecule has 158 valence electrons. The van der Waals surface area contributed by atoms with Crippen LogP contribution in [0, 0.1) is 0 Å². The van der Waals surface area contributed by atoms with Crippen molar-refractivity contribution in [3.63, 3.8) is 0 Å². The fourth-order valence-electron chi connectivity index (χ4n) is 4.20. The molecule has 7 heteroatoms. The number of hydrogen-bond acceptors (Lipinski definition) is 6. The van der Waals surface area contributed by atoms with E-state index in [2.05, 4.69) is 34.1 Å². The molecule has 1 atom stereocenters. The van der Waals surface area contributed by atoms with Gasteiger partial charge in [0, 0.05) is 38.8 Å². The molecule has 0 aromatic heterocycles. The van der Waals surface area contributed by atoms with Gasteiger partial charge in [-0.15, -0.1) is 0 Å². The summed E-state index contributed by atoms with van der Waals surface area (Å²) in [7, 11) is 3.08. The Kier molecular flexibility index (Phi) is 6.01. The lowest BCUT2D eigenvalue weighted by atomic mass is 10.1. The van der Waals surface area contributed by atoms with E-state index in [1.165, 1.54) is 17.6 Å². The monoisotopic (exact) mass is 409 g/mol. The minimum Gasteiger partial charge on any atom is -0.497 e.